The SMILES string of the molecule is CCNc1ncnc(NCCS(N)(=O)=O)c1C. The molecule has 0 atom stereocenters. The van der Waals surface area contributed by atoms with Crippen LogP contribution in [0.5, 0.6) is 0 Å². The average Bonchev–Trinajstić information content (AvgIpc) is 2.22. The van der Waals surface area contributed by atoms with Gasteiger partial charge in [0.1, 0.15) is 18.0 Å². The summed E-state index contributed by atoms with van der Waals surface area (Å²) in [4.78, 5) is 8.12. The Bertz CT molecular complexity index is 474. The molecule has 4 N–H and O–H groups in total. The summed E-state index contributed by atoms with van der Waals surface area (Å²) < 4.78 is 21.5. The summed E-state index contributed by atoms with van der Waals surface area (Å²) in [7, 11) is -3.45. The summed E-state index contributed by atoms with van der Waals surface area (Å²) in [5.74, 6) is 1.22. The molecule has 0 amide bonds. The number of hydrogen-bond donors (Lipinski definition) is 3. The molecule has 0 fully saturated rings. The third-order valence-electron chi connectivity index (χ3n) is 2.11. The second-order valence-electron chi connectivity index (χ2n) is 3.52. The first-order chi connectivity index (χ1) is 7.94. The van der Waals surface area contributed by atoms with E-state index in [0.29, 0.717) is 5.82 Å². The molecule has 0 aliphatic heterocycles. The van der Waals surface area contributed by atoms with Crippen molar-refractivity contribution >= 4 is 21.7 Å². The van der Waals surface area contributed by atoms with Gasteiger partial charge in [-0.05, 0) is 13.8 Å². The Hall–Kier alpha value is -1.41. The molecule has 96 valence electrons. The Kier molecular flexibility index (Phi) is 4.64. The van der Waals surface area contributed by atoms with Crippen molar-refractivity contribution in [1.82, 2.24) is 9.97 Å². The van der Waals surface area contributed by atoms with Crippen LogP contribution >= 0.6 is 0 Å². The van der Waals surface area contributed by atoms with E-state index in [1.165, 1.54) is 6.33 Å². The Morgan fingerprint density at radius 2 is 1.88 bits per heavy atom. The van der Waals surface area contributed by atoms with E-state index >= 15 is 0 Å². The molecule has 0 saturated heterocycles. The zero-order valence-corrected chi connectivity index (χ0v) is 10.7. The topological polar surface area (TPSA) is 110 Å². The van der Waals surface area contributed by atoms with Crippen molar-refractivity contribution in [3.63, 3.8) is 0 Å². The van der Waals surface area contributed by atoms with Crippen LogP contribution in [0.2, 0.25) is 0 Å². The number of anilines is 2. The molecular weight excluding hydrogens is 242 g/mol. The zero-order valence-electron chi connectivity index (χ0n) is 9.90. The van der Waals surface area contributed by atoms with Gasteiger partial charge in [0, 0.05) is 18.7 Å². The van der Waals surface area contributed by atoms with Gasteiger partial charge in [0.2, 0.25) is 10.0 Å². The fraction of sp³-hybridized carbons (Fsp3) is 0.556. The van der Waals surface area contributed by atoms with Crippen molar-refractivity contribution < 1.29 is 8.42 Å². The largest absolute Gasteiger partial charge is 0.370 e. The fourth-order valence-corrected chi connectivity index (χ4v) is 1.67. The van der Waals surface area contributed by atoms with Crippen molar-refractivity contribution in [1.29, 1.82) is 0 Å². The average molecular weight is 259 g/mol. The van der Waals surface area contributed by atoms with Crippen LogP contribution in [0.25, 0.3) is 0 Å². The summed E-state index contributed by atoms with van der Waals surface area (Å²) in [6, 6.07) is 0. The van der Waals surface area contributed by atoms with Crippen LogP contribution in [0.3, 0.4) is 0 Å². The second-order valence-corrected chi connectivity index (χ2v) is 5.25. The highest BCUT2D eigenvalue weighted by molar-refractivity contribution is 7.89. The second kappa shape index (κ2) is 5.78. The van der Waals surface area contributed by atoms with Gasteiger partial charge in [-0.25, -0.2) is 23.5 Å². The predicted molar refractivity (Wildman–Crippen MR) is 67.4 cm³/mol. The zero-order chi connectivity index (χ0) is 12.9. The van der Waals surface area contributed by atoms with Crippen molar-refractivity contribution in [2.45, 2.75) is 13.8 Å². The minimum atomic E-state index is -3.45. The van der Waals surface area contributed by atoms with E-state index in [2.05, 4.69) is 20.6 Å². The summed E-state index contributed by atoms with van der Waals surface area (Å²) in [6.45, 7) is 4.81. The molecule has 8 heteroatoms. The van der Waals surface area contributed by atoms with Crippen molar-refractivity contribution in [3.05, 3.63) is 11.9 Å². The monoisotopic (exact) mass is 259 g/mol. The van der Waals surface area contributed by atoms with Crippen LogP contribution in [0, 0.1) is 6.92 Å². The Labute approximate surface area is 101 Å². The number of primary sulfonamides is 1. The molecule has 17 heavy (non-hydrogen) atoms. The number of sulfonamides is 1. The van der Waals surface area contributed by atoms with Gasteiger partial charge in [0.05, 0.1) is 5.75 Å². The van der Waals surface area contributed by atoms with Crippen LogP contribution in [0.15, 0.2) is 6.33 Å². The molecule has 0 spiro atoms. The minimum Gasteiger partial charge on any atom is -0.370 e. The number of nitrogens with two attached hydrogens (primary N) is 1. The molecule has 0 unspecified atom stereocenters. The molecule has 1 aromatic heterocycles. The van der Waals surface area contributed by atoms with E-state index in [0.717, 1.165) is 17.9 Å². The summed E-state index contributed by atoms with van der Waals surface area (Å²) in [5, 5.41) is 10.9. The molecule has 1 aromatic rings. The van der Waals surface area contributed by atoms with Crippen LogP contribution in [0.4, 0.5) is 11.6 Å². The van der Waals surface area contributed by atoms with Crippen LogP contribution in [0.1, 0.15) is 12.5 Å². The maximum absolute atomic E-state index is 10.8. The molecule has 1 heterocycles. The maximum Gasteiger partial charge on any atom is 0.210 e. The molecule has 0 radical (unpaired) electrons. The van der Waals surface area contributed by atoms with Crippen LogP contribution in [-0.2, 0) is 10.0 Å². The van der Waals surface area contributed by atoms with Crippen molar-refractivity contribution in [2.75, 3.05) is 29.5 Å². The molecule has 0 aromatic carbocycles. The first-order valence-corrected chi connectivity index (χ1v) is 6.95. The third kappa shape index (κ3) is 4.53. The first kappa shape index (κ1) is 13.7. The number of rotatable bonds is 6. The van der Waals surface area contributed by atoms with E-state index in [1.54, 1.807) is 0 Å². The molecule has 0 aliphatic rings. The standard InChI is InChI=1S/C9H17N5O2S/c1-3-11-8-7(2)9(14-6-13-8)12-4-5-17(10,15)16/h6H,3-5H2,1-2H3,(H2,10,15,16)(H2,11,12,13,14). The van der Waals surface area contributed by atoms with E-state index < -0.39 is 10.0 Å². The number of hydrogen-bond acceptors (Lipinski definition) is 6. The van der Waals surface area contributed by atoms with Gasteiger partial charge in [-0.1, -0.05) is 0 Å². The lowest BCUT2D eigenvalue weighted by Gasteiger charge is -2.11. The van der Waals surface area contributed by atoms with Gasteiger partial charge in [-0.2, -0.15) is 0 Å². The van der Waals surface area contributed by atoms with Crippen molar-refractivity contribution in [2.24, 2.45) is 5.14 Å². The smallest absolute Gasteiger partial charge is 0.210 e. The van der Waals surface area contributed by atoms with Gasteiger partial charge >= 0.3 is 0 Å². The molecule has 1 rings (SSSR count). The van der Waals surface area contributed by atoms with Gasteiger partial charge < -0.3 is 10.6 Å². The van der Waals surface area contributed by atoms with E-state index in [4.69, 9.17) is 5.14 Å². The third-order valence-corrected chi connectivity index (χ3v) is 2.88. The summed E-state index contributed by atoms with van der Waals surface area (Å²) >= 11 is 0. The molecule has 0 saturated carbocycles. The lowest BCUT2D eigenvalue weighted by atomic mass is 10.3. The highest BCUT2D eigenvalue weighted by Gasteiger charge is 2.07. The number of aromatic nitrogens is 2. The Morgan fingerprint density at radius 3 is 2.41 bits per heavy atom. The van der Waals surface area contributed by atoms with Gasteiger partial charge in [-0.15, -0.1) is 0 Å². The highest BCUT2D eigenvalue weighted by atomic mass is 32.2. The highest BCUT2D eigenvalue weighted by Crippen LogP contribution is 2.17. The van der Waals surface area contributed by atoms with Crippen LogP contribution in [-0.4, -0.2) is 37.2 Å². The number of nitrogens with zero attached hydrogens (tertiary/aromatic N) is 2. The quantitative estimate of drug-likeness (QED) is 0.659. The lowest BCUT2D eigenvalue weighted by Crippen LogP contribution is -2.23. The number of nitrogens with one attached hydrogen (secondary N) is 2. The molecule has 0 bridgehead atoms. The van der Waals surface area contributed by atoms with Crippen molar-refractivity contribution in [3.8, 4) is 0 Å². The van der Waals surface area contributed by atoms with E-state index in [9.17, 15) is 8.42 Å². The normalized spacial score (nSPS) is 11.2. The Morgan fingerprint density at radius 1 is 1.29 bits per heavy atom. The summed E-state index contributed by atoms with van der Waals surface area (Å²) in [6.07, 6.45) is 1.42. The van der Waals surface area contributed by atoms with Gasteiger partial charge in [0.15, 0.2) is 0 Å². The Balaban J connectivity index is 2.68. The minimum absolute atomic E-state index is 0.132. The van der Waals surface area contributed by atoms with Gasteiger partial charge in [-0.3, -0.25) is 0 Å². The summed E-state index contributed by atoms with van der Waals surface area (Å²) in [5.41, 5.74) is 0.851. The van der Waals surface area contributed by atoms with E-state index in [-0.39, 0.29) is 12.3 Å². The fourth-order valence-electron chi connectivity index (χ4n) is 1.29. The molecule has 7 nitrogen and oxygen atoms in total. The predicted octanol–water partition coefficient (Wildman–Crippen LogP) is -0.0828. The van der Waals surface area contributed by atoms with Gasteiger partial charge in [0.25, 0.3) is 0 Å². The molecular formula is C9H17N5O2S. The molecule has 0 aliphatic carbocycles. The maximum atomic E-state index is 10.8. The van der Waals surface area contributed by atoms with Crippen LogP contribution < -0.4 is 15.8 Å². The first-order valence-electron chi connectivity index (χ1n) is 5.24. The van der Waals surface area contributed by atoms with E-state index in [1.807, 2.05) is 13.8 Å². The lowest BCUT2D eigenvalue weighted by molar-refractivity contribution is 0.598.